The van der Waals surface area contributed by atoms with Gasteiger partial charge in [0.05, 0.1) is 20.8 Å². The molecule has 0 aliphatic carbocycles. The van der Waals surface area contributed by atoms with Crippen molar-refractivity contribution < 1.29 is 19.0 Å². The van der Waals surface area contributed by atoms with Crippen molar-refractivity contribution in [2.45, 2.75) is 26.8 Å². The zero-order valence-corrected chi connectivity index (χ0v) is 13.9. The first-order chi connectivity index (χ1) is 11.1. The molecule has 0 N–H and O–H groups in total. The maximum absolute atomic E-state index is 12.2. The molecule has 2 aromatic rings. The lowest BCUT2D eigenvalue weighted by molar-refractivity contribution is 0.0513. The first-order valence-electron chi connectivity index (χ1n) is 7.73. The summed E-state index contributed by atoms with van der Waals surface area (Å²) in [7, 11) is 3.26. The number of carbonyl (C=O) groups excluding carboxylic acids is 1. The second-order valence-corrected chi connectivity index (χ2v) is 5.55. The van der Waals surface area contributed by atoms with Gasteiger partial charge in [0.1, 0.15) is 5.69 Å². The maximum Gasteiger partial charge on any atom is 0.355 e. The molecule has 5 nitrogen and oxygen atoms in total. The van der Waals surface area contributed by atoms with E-state index in [0.717, 1.165) is 35.5 Å². The van der Waals surface area contributed by atoms with Crippen LogP contribution in [0.15, 0.2) is 18.2 Å². The second kappa shape index (κ2) is 5.99. The van der Waals surface area contributed by atoms with Gasteiger partial charge in [-0.2, -0.15) is 0 Å². The largest absolute Gasteiger partial charge is 0.493 e. The summed E-state index contributed by atoms with van der Waals surface area (Å²) in [4.78, 5) is 12.2. The van der Waals surface area contributed by atoms with E-state index in [2.05, 4.69) is 0 Å². The van der Waals surface area contributed by atoms with E-state index in [1.807, 2.05) is 36.6 Å². The minimum atomic E-state index is -0.264. The Morgan fingerprint density at radius 3 is 2.52 bits per heavy atom. The summed E-state index contributed by atoms with van der Waals surface area (Å²) in [6.07, 6.45) is 0.837. The number of hydrogen-bond acceptors (Lipinski definition) is 4. The van der Waals surface area contributed by atoms with E-state index < -0.39 is 0 Å². The third-order valence-electron chi connectivity index (χ3n) is 4.25. The first kappa shape index (κ1) is 15.5. The minimum Gasteiger partial charge on any atom is -0.493 e. The molecule has 0 amide bonds. The molecule has 2 heterocycles. The lowest BCUT2D eigenvalue weighted by atomic mass is 9.97. The molecule has 5 heteroatoms. The topological polar surface area (TPSA) is 49.7 Å². The molecule has 0 saturated carbocycles. The lowest BCUT2D eigenvalue weighted by Gasteiger charge is -2.22. The highest BCUT2D eigenvalue weighted by Gasteiger charge is 2.26. The molecular weight excluding hydrogens is 294 g/mol. The average molecular weight is 315 g/mol. The van der Waals surface area contributed by atoms with Crippen LogP contribution in [0.2, 0.25) is 0 Å². The van der Waals surface area contributed by atoms with Gasteiger partial charge in [0, 0.05) is 17.8 Å². The summed E-state index contributed by atoms with van der Waals surface area (Å²) in [6, 6.07) is 6.04. The second-order valence-electron chi connectivity index (χ2n) is 5.55. The van der Waals surface area contributed by atoms with Gasteiger partial charge in [0.15, 0.2) is 11.5 Å². The molecule has 1 aromatic carbocycles. The number of esters is 1. The van der Waals surface area contributed by atoms with Crippen LogP contribution in [0.1, 0.15) is 28.5 Å². The number of aromatic nitrogens is 1. The summed E-state index contributed by atoms with van der Waals surface area (Å²) in [6.45, 7) is 4.89. The van der Waals surface area contributed by atoms with Crippen LogP contribution < -0.4 is 9.47 Å². The van der Waals surface area contributed by atoms with E-state index in [0.29, 0.717) is 18.1 Å². The van der Waals surface area contributed by atoms with Crippen LogP contribution in [0.4, 0.5) is 0 Å². The molecule has 3 rings (SSSR count). The van der Waals surface area contributed by atoms with Crippen molar-refractivity contribution in [1.82, 2.24) is 4.57 Å². The van der Waals surface area contributed by atoms with Crippen molar-refractivity contribution >= 4 is 5.97 Å². The Hall–Kier alpha value is -2.43. The fourth-order valence-electron chi connectivity index (χ4n) is 3.21. The van der Waals surface area contributed by atoms with Gasteiger partial charge < -0.3 is 18.8 Å². The smallest absolute Gasteiger partial charge is 0.355 e. The van der Waals surface area contributed by atoms with E-state index in [1.165, 1.54) is 5.56 Å². The third kappa shape index (κ3) is 2.46. The highest BCUT2D eigenvalue weighted by molar-refractivity contribution is 5.91. The Morgan fingerprint density at radius 2 is 1.87 bits per heavy atom. The predicted molar refractivity (Wildman–Crippen MR) is 87.4 cm³/mol. The van der Waals surface area contributed by atoms with Gasteiger partial charge in [-0.15, -0.1) is 0 Å². The zero-order chi connectivity index (χ0) is 16.6. The molecule has 0 atom stereocenters. The number of carbonyl (C=O) groups is 1. The van der Waals surface area contributed by atoms with Crippen molar-refractivity contribution in [3.05, 3.63) is 35.0 Å². The number of hydrogen-bond donors (Lipinski definition) is 0. The number of ether oxygens (including phenoxy) is 3. The first-order valence-corrected chi connectivity index (χ1v) is 7.73. The highest BCUT2D eigenvalue weighted by atomic mass is 16.5. The number of methoxy groups -OCH3 is 2. The van der Waals surface area contributed by atoms with Crippen LogP contribution in [0, 0.1) is 6.92 Å². The number of nitrogens with zero attached hydrogens (tertiary/aromatic N) is 1. The Balaban J connectivity index is 2.15. The van der Waals surface area contributed by atoms with Gasteiger partial charge in [-0.1, -0.05) is 0 Å². The van der Waals surface area contributed by atoms with Gasteiger partial charge in [0.25, 0.3) is 0 Å². The van der Waals surface area contributed by atoms with Crippen molar-refractivity contribution in [2.75, 3.05) is 20.8 Å². The SMILES string of the molecule is CCOC(=O)c1c(C)cc2n1CCc1cc(OC)c(OC)cc1-2. The molecule has 0 radical (unpaired) electrons. The fraction of sp³-hybridized carbons (Fsp3) is 0.389. The molecule has 0 saturated heterocycles. The summed E-state index contributed by atoms with van der Waals surface area (Å²) < 4.78 is 18.0. The van der Waals surface area contributed by atoms with E-state index in [9.17, 15) is 4.79 Å². The lowest BCUT2D eigenvalue weighted by Crippen LogP contribution is -2.18. The van der Waals surface area contributed by atoms with Gasteiger partial charge in [-0.05, 0) is 49.6 Å². The van der Waals surface area contributed by atoms with E-state index in [1.54, 1.807) is 14.2 Å². The third-order valence-corrected chi connectivity index (χ3v) is 4.25. The Kier molecular flexibility index (Phi) is 4.03. The minimum absolute atomic E-state index is 0.264. The van der Waals surface area contributed by atoms with Crippen LogP contribution in [0.25, 0.3) is 11.3 Å². The number of aryl methyl sites for hydroxylation is 2. The Bertz CT molecular complexity index is 761. The number of fused-ring (bicyclic) bond motifs is 3. The zero-order valence-electron chi connectivity index (χ0n) is 13.9. The van der Waals surface area contributed by atoms with Crippen molar-refractivity contribution in [2.24, 2.45) is 0 Å². The predicted octanol–water partition coefficient (Wildman–Crippen LogP) is 3.21. The molecule has 1 aliphatic heterocycles. The van der Waals surface area contributed by atoms with Gasteiger partial charge >= 0.3 is 5.97 Å². The molecular formula is C18H21NO4. The van der Waals surface area contributed by atoms with Gasteiger partial charge in [-0.25, -0.2) is 4.79 Å². The maximum atomic E-state index is 12.2. The van der Waals surface area contributed by atoms with E-state index >= 15 is 0 Å². The van der Waals surface area contributed by atoms with Crippen molar-refractivity contribution in [3.8, 4) is 22.8 Å². The van der Waals surface area contributed by atoms with E-state index in [-0.39, 0.29) is 5.97 Å². The van der Waals surface area contributed by atoms with Crippen LogP contribution in [-0.4, -0.2) is 31.4 Å². The van der Waals surface area contributed by atoms with E-state index in [4.69, 9.17) is 14.2 Å². The fourth-order valence-corrected chi connectivity index (χ4v) is 3.21. The summed E-state index contributed by atoms with van der Waals surface area (Å²) in [5.74, 6) is 1.16. The molecule has 0 bridgehead atoms. The molecule has 0 spiro atoms. The monoisotopic (exact) mass is 315 g/mol. The number of rotatable bonds is 4. The van der Waals surface area contributed by atoms with Gasteiger partial charge in [-0.3, -0.25) is 0 Å². The highest BCUT2D eigenvalue weighted by Crippen LogP contribution is 2.40. The summed E-state index contributed by atoms with van der Waals surface area (Å²) in [5.41, 5.74) is 4.87. The normalized spacial score (nSPS) is 12.3. The Morgan fingerprint density at radius 1 is 1.17 bits per heavy atom. The molecule has 0 fully saturated rings. The van der Waals surface area contributed by atoms with Crippen molar-refractivity contribution in [3.63, 3.8) is 0 Å². The molecule has 1 aromatic heterocycles. The van der Waals surface area contributed by atoms with Crippen LogP contribution in [-0.2, 0) is 17.7 Å². The average Bonchev–Trinajstić information content (AvgIpc) is 2.90. The van der Waals surface area contributed by atoms with Crippen LogP contribution >= 0.6 is 0 Å². The standard InChI is InChI=1S/C18H21NO4/c1-5-23-18(20)17-11(2)8-14-13-10-16(22-4)15(21-3)9-12(13)6-7-19(14)17/h8-10H,5-7H2,1-4H3. The van der Waals surface area contributed by atoms with Crippen LogP contribution in [0.5, 0.6) is 11.5 Å². The summed E-state index contributed by atoms with van der Waals surface area (Å²) >= 11 is 0. The van der Waals surface area contributed by atoms with Crippen molar-refractivity contribution in [1.29, 1.82) is 0 Å². The summed E-state index contributed by atoms with van der Waals surface area (Å²) in [5, 5.41) is 0. The molecule has 1 aliphatic rings. The van der Waals surface area contributed by atoms with Gasteiger partial charge in [0.2, 0.25) is 0 Å². The quantitative estimate of drug-likeness (QED) is 0.813. The molecule has 0 unspecified atom stereocenters. The van der Waals surface area contributed by atoms with Crippen LogP contribution in [0.3, 0.4) is 0 Å². The number of benzene rings is 1. The Labute approximate surface area is 135 Å². The molecule has 122 valence electrons. The molecule has 23 heavy (non-hydrogen) atoms.